The lowest BCUT2D eigenvalue weighted by Crippen LogP contribution is -2.34. The van der Waals surface area contributed by atoms with E-state index in [4.69, 9.17) is 5.11 Å². The number of aryl methyl sites for hydroxylation is 1. The average Bonchev–Trinajstić information content (AvgIpc) is 2.81. The zero-order valence-corrected chi connectivity index (χ0v) is 10.6. The predicted octanol–water partition coefficient (Wildman–Crippen LogP) is 2.12. The van der Waals surface area contributed by atoms with E-state index in [9.17, 15) is 14.0 Å². The van der Waals surface area contributed by atoms with Crippen molar-refractivity contribution >= 4 is 11.9 Å². The van der Waals surface area contributed by atoms with Crippen molar-refractivity contribution in [3.05, 3.63) is 35.1 Å². The first-order valence-corrected chi connectivity index (χ1v) is 6.28. The van der Waals surface area contributed by atoms with E-state index in [0.717, 1.165) is 0 Å². The van der Waals surface area contributed by atoms with Crippen LogP contribution in [0.2, 0.25) is 0 Å². The van der Waals surface area contributed by atoms with Gasteiger partial charge in [-0.2, -0.15) is 0 Å². The molecule has 0 spiro atoms. The van der Waals surface area contributed by atoms with Crippen LogP contribution in [0.25, 0.3) is 0 Å². The van der Waals surface area contributed by atoms with Gasteiger partial charge in [-0.1, -0.05) is 12.1 Å². The molecule has 2 N–H and O–H groups in total. The van der Waals surface area contributed by atoms with Crippen molar-refractivity contribution in [2.45, 2.75) is 32.2 Å². The smallest absolute Gasteiger partial charge is 0.306 e. The Morgan fingerprint density at radius 1 is 1.37 bits per heavy atom. The summed E-state index contributed by atoms with van der Waals surface area (Å²) in [4.78, 5) is 22.8. The molecule has 1 saturated carbocycles. The number of hydrogen-bond acceptors (Lipinski definition) is 2. The molecule has 0 radical (unpaired) electrons. The van der Waals surface area contributed by atoms with Gasteiger partial charge in [0, 0.05) is 6.04 Å². The Bertz CT molecular complexity index is 515. The van der Waals surface area contributed by atoms with Crippen molar-refractivity contribution in [3.63, 3.8) is 0 Å². The average molecular weight is 265 g/mol. The Hall–Kier alpha value is -1.91. The summed E-state index contributed by atoms with van der Waals surface area (Å²) in [6.07, 6.45) is 1.58. The summed E-state index contributed by atoms with van der Waals surface area (Å²) >= 11 is 0. The number of halogens is 1. The van der Waals surface area contributed by atoms with Crippen LogP contribution >= 0.6 is 0 Å². The zero-order valence-electron chi connectivity index (χ0n) is 10.6. The minimum absolute atomic E-state index is 0.0128. The Kier molecular flexibility index (Phi) is 3.83. The Morgan fingerprint density at radius 2 is 2.11 bits per heavy atom. The quantitative estimate of drug-likeness (QED) is 0.879. The fourth-order valence-corrected chi connectivity index (χ4v) is 2.42. The van der Waals surface area contributed by atoms with Crippen LogP contribution in [0.1, 0.15) is 35.2 Å². The molecular formula is C14H16FNO3. The van der Waals surface area contributed by atoms with Crippen LogP contribution in [0, 0.1) is 18.7 Å². The van der Waals surface area contributed by atoms with Gasteiger partial charge in [0.25, 0.3) is 5.91 Å². The van der Waals surface area contributed by atoms with Gasteiger partial charge in [0.05, 0.1) is 11.5 Å². The third-order valence-electron chi connectivity index (χ3n) is 3.55. The van der Waals surface area contributed by atoms with Crippen molar-refractivity contribution in [1.29, 1.82) is 0 Å². The second-order valence-corrected chi connectivity index (χ2v) is 4.96. The molecule has 2 unspecified atom stereocenters. The molecule has 4 nitrogen and oxygen atoms in total. The van der Waals surface area contributed by atoms with Crippen molar-refractivity contribution < 1.29 is 19.1 Å². The lowest BCUT2D eigenvalue weighted by Gasteiger charge is -2.13. The molecule has 0 aliphatic heterocycles. The first kappa shape index (κ1) is 13.5. The van der Waals surface area contributed by atoms with Gasteiger partial charge >= 0.3 is 5.97 Å². The van der Waals surface area contributed by atoms with Gasteiger partial charge < -0.3 is 10.4 Å². The number of rotatable bonds is 3. The minimum Gasteiger partial charge on any atom is -0.481 e. The molecule has 1 aliphatic rings. The van der Waals surface area contributed by atoms with Crippen molar-refractivity contribution in [1.82, 2.24) is 5.32 Å². The molecule has 0 aromatic heterocycles. The van der Waals surface area contributed by atoms with Crippen LogP contribution in [-0.2, 0) is 4.79 Å². The molecule has 1 aromatic carbocycles. The van der Waals surface area contributed by atoms with E-state index < -0.39 is 23.6 Å². The van der Waals surface area contributed by atoms with Gasteiger partial charge in [0.15, 0.2) is 0 Å². The van der Waals surface area contributed by atoms with E-state index >= 15 is 0 Å². The standard InChI is InChI=1S/C14H16FNO3/c1-8-3-2-4-11(12(8)15)13(17)16-10-6-5-9(7-10)14(18)19/h2-4,9-10H,5-7H2,1H3,(H,16,17)(H,18,19). The molecule has 0 heterocycles. The van der Waals surface area contributed by atoms with Gasteiger partial charge in [-0.15, -0.1) is 0 Å². The monoisotopic (exact) mass is 265 g/mol. The van der Waals surface area contributed by atoms with E-state index in [2.05, 4.69) is 5.32 Å². The molecule has 0 bridgehead atoms. The van der Waals surface area contributed by atoms with Gasteiger partial charge in [0.2, 0.25) is 0 Å². The van der Waals surface area contributed by atoms with E-state index in [1.54, 1.807) is 19.1 Å². The van der Waals surface area contributed by atoms with Gasteiger partial charge in [-0.25, -0.2) is 4.39 Å². The van der Waals surface area contributed by atoms with Crippen LogP contribution in [-0.4, -0.2) is 23.0 Å². The molecule has 2 rings (SSSR count). The van der Waals surface area contributed by atoms with Crippen LogP contribution in [0.3, 0.4) is 0 Å². The van der Waals surface area contributed by atoms with Crippen LogP contribution in [0.4, 0.5) is 4.39 Å². The maximum Gasteiger partial charge on any atom is 0.306 e. The lowest BCUT2D eigenvalue weighted by atomic mass is 10.1. The molecule has 1 aliphatic carbocycles. The molecule has 2 atom stereocenters. The fraction of sp³-hybridized carbons (Fsp3) is 0.429. The second kappa shape index (κ2) is 5.38. The van der Waals surface area contributed by atoms with Gasteiger partial charge in [-0.3, -0.25) is 9.59 Å². The summed E-state index contributed by atoms with van der Waals surface area (Å²) < 4.78 is 13.8. The topological polar surface area (TPSA) is 66.4 Å². The first-order valence-electron chi connectivity index (χ1n) is 6.28. The number of amides is 1. The molecule has 1 aromatic rings. The second-order valence-electron chi connectivity index (χ2n) is 4.96. The highest BCUT2D eigenvalue weighted by Gasteiger charge is 2.31. The number of carboxylic acid groups (broad SMARTS) is 1. The van der Waals surface area contributed by atoms with Crippen LogP contribution < -0.4 is 5.32 Å². The number of carbonyl (C=O) groups is 2. The number of hydrogen-bond donors (Lipinski definition) is 2. The van der Waals surface area contributed by atoms with E-state index in [-0.39, 0.29) is 11.6 Å². The maximum absolute atomic E-state index is 13.8. The zero-order chi connectivity index (χ0) is 14.0. The van der Waals surface area contributed by atoms with E-state index in [1.807, 2.05) is 0 Å². The van der Waals surface area contributed by atoms with Crippen LogP contribution in [0.5, 0.6) is 0 Å². The summed E-state index contributed by atoms with van der Waals surface area (Å²) in [6, 6.07) is 4.47. The number of nitrogens with one attached hydrogen (secondary N) is 1. The van der Waals surface area contributed by atoms with Gasteiger partial charge in [-0.05, 0) is 37.8 Å². The highest BCUT2D eigenvalue weighted by Crippen LogP contribution is 2.26. The summed E-state index contributed by atoms with van der Waals surface area (Å²) in [5.74, 6) is -2.24. The largest absolute Gasteiger partial charge is 0.481 e. The SMILES string of the molecule is Cc1cccc(C(=O)NC2CCC(C(=O)O)C2)c1F. The minimum atomic E-state index is -0.835. The Morgan fingerprint density at radius 3 is 2.74 bits per heavy atom. The maximum atomic E-state index is 13.8. The normalized spacial score (nSPS) is 22.2. The molecule has 102 valence electrons. The number of carbonyl (C=O) groups excluding carboxylic acids is 1. The first-order chi connectivity index (χ1) is 8.99. The van der Waals surface area contributed by atoms with E-state index in [0.29, 0.717) is 24.8 Å². The molecule has 1 fully saturated rings. The molecule has 19 heavy (non-hydrogen) atoms. The molecule has 1 amide bonds. The third kappa shape index (κ3) is 2.92. The number of aliphatic carboxylic acids is 1. The van der Waals surface area contributed by atoms with Crippen molar-refractivity contribution in [3.8, 4) is 0 Å². The molecule has 5 heteroatoms. The van der Waals surface area contributed by atoms with E-state index in [1.165, 1.54) is 6.07 Å². The highest BCUT2D eigenvalue weighted by atomic mass is 19.1. The summed E-state index contributed by atoms with van der Waals surface area (Å²) in [7, 11) is 0. The van der Waals surface area contributed by atoms with Gasteiger partial charge in [0.1, 0.15) is 5.82 Å². The predicted molar refractivity (Wildman–Crippen MR) is 67.4 cm³/mol. The highest BCUT2D eigenvalue weighted by molar-refractivity contribution is 5.94. The summed E-state index contributed by atoms with van der Waals surface area (Å²) in [5.41, 5.74) is 0.432. The van der Waals surface area contributed by atoms with Crippen molar-refractivity contribution in [2.75, 3.05) is 0 Å². The fourth-order valence-electron chi connectivity index (χ4n) is 2.42. The number of carboxylic acids is 1. The molecular weight excluding hydrogens is 249 g/mol. The third-order valence-corrected chi connectivity index (χ3v) is 3.55. The number of benzene rings is 1. The molecule has 0 saturated heterocycles. The Labute approximate surface area is 110 Å². The van der Waals surface area contributed by atoms with Crippen LogP contribution in [0.15, 0.2) is 18.2 Å². The Balaban J connectivity index is 2.02. The summed E-state index contributed by atoms with van der Waals surface area (Å²) in [5, 5.41) is 11.6. The van der Waals surface area contributed by atoms with Crippen molar-refractivity contribution in [2.24, 2.45) is 5.92 Å². The summed E-state index contributed by atoms with van der Waals surface area (Å²) in [6.45, 7) is 1.60. The lowest BCUT2D eigenvalue weighted by molar-refractivity contribution is -0.141.